The van der Waals surface area contributed by atoms with Gasteiger partial charge in [0.05, 0.1) is 17.3 Å². The molecule has 0 spiro atoms. The van der Waals surface area contributed by atoms with Crippen molar-refractivity contribution in [1.29, 1.82) is 0 Å². The van der Waals surface area contributed by atoms with Crippen molar-refractivity contribution in [3.05, 3.63) is 50.4 Å². The maximum absolute atomic E-state index is 5.05. The second-order valence-electron chi connectivity index (χ2n) is 3.47. The summed E-state index contributed by atoms with van der Waals surface area (Å²) in [6, 6.07) is 8.31. The summed E-state index contributed by atoms with van der Waals surface area (Å²) in [7, 11) is 1.69. The van der Waals surface area contributed by atoms with E-state index in [1.54, 1.807) is 18.4 Å². The molecule has 0 N–H and O–H groups in total. The number of hydrogen-bond acceptors (Lipinski definition) is 3. The van der Waals surface area contributed by atoms with Gasteiger partial charge in [0.25, 0.3) is 0 Å². The van der Waals surface area contributed by atoms with Crippen molar-refractivity contribution in [1.82, 2.24) is 4.98 Å². The predicted octanol–water partition coefficient (Wildman–Crippen LogP) is 3.64. The number of hydrogen-bond donors (Lipinski definition) is 0. The fourth-order valence-corrected chi connectivity index (χ4v) is 2.73. The van der Waals surface area contributed by atoms with Crippen LogP contribution in [0, 0.1) is 0 Å². The fourth-order valence-electron chi connectivity index (χ4n) is 1.47. The highest BCUT2D eigenvalue weighted by atomic mass is 79.9. The molecule has 16 heavy (non-hydrogen) atoms. The first-order valence-electron chi connectivity index (χ1n) is 4.94. The van der Waals surface area contributed by atoms with E-state index in [9.17, 15) is 0 Å². The molecule has 0 atom stereocenters. The monoisotopic (exact) mass is 297 g/mol. The smallest absolute Gasteiger partial charge is 0.0973 e. The van der Waals surface area contributed by atoms with Gasteiger partial charge in [-0.15, -0.1) is 11.3 Å². The molecule has 0 aliphatic heterocycles. The molecule has 1 aromatic heterocycles. The van der Waals surface area contributed by atoms with E-state index in [0.29, 0.717) is 6.61 Å². The van der Waals surface area contributed by atoms with Crippen LogP contribution in [-0.2, 0) is 17.8 Å². The summed E-state index contributed by atoms with van der Waals surface area (Å²) in [5, 5.41) is 3.18. The van der Waals surface area contributed by atoms with Gasteiger partial charge in [0.1, 0.15) is 0 Å². The van der Waals surface area contributed by atoms with Crippen LogP contribution in [0.25, 0.3) is 0 Å². The van der Waals surface area contributed by atoms with Crippen LogP contribution in [0.1, 0.15) is 16.3 Å². The molecule has 0 unspecified atom stereocenters. The summed E-state index contributed by atoms with van der Waals surface area (Å²) in [6.45, 7) is 0.592. The topological polar surface area (TPSA) is 22.1 Å². The lowest BCUT2D eigenvalue weighted by Crippen LogP contribution is -1.90. The van der Waals surface area contributed by atoms with Gasteiger partial charge in [0.2, 0.25) is 0 Å². The van der Waals surface area contributed by atoms with E-state index in [1.807, 2.05) is 12.1 Å². The van der Waals surface area contributed by atoms with Crippen LogP contribution in [-0.4, -0.2) is 12.1 Å². The molecule has 0 saturated heterocycles. The summed E-state index contributed by atoms with van der Waals surface area (Å²) >= 11 is 5.15. The molecule has 84 valence electrons. The summed E-state index contributed by atoms with van der Waals surface area (Å²) < 4.78 is 6.16. The zero-order valence-corrected chi connectivity index (χ0v) is 11.3. The van der Waals surface area contributed by atoms with Crippen molar-refractivity contribution < 1.29 is 4.74 Å². The van der Waals surface area contributed by atoms with Gasteiger partial charge in [0.15, 0.2) is 0 Å². The third-order valence-electron chi connectivity index (χ3n) is 2.14. The first-order valence-corrected chi connectivity index (χ1v) is 6.62. The van der Waals surface area contributed by atoms with Crippen molar-refractivity contribution in [3.63, 3.8) is 0 Å². The Morgan fingerprint density at radius 2 is 2.31 bits per heavy atom. The number of aromatic nitrogens is 1. The number of halogens is 1. The lowest BCUT2D eigenvalue weighted by Gasteiger charge is -1.98. The van der Waals surface area contributed by atoms with Crippen LogP contribution < -0.4 is 0 Å². The van der Waals surface area contributed by atoms with Crippen molar-refractivity contribution in [2.24, 2.45) is 0 Å². The Kier molecular flexibility index (Phi) is 4.09. The summed E-state index contributed by atoms with van der Waals surface area (Å²) in [5.74, 6) is 0. The Labute approximate surface area is 107 Å². The Balaban J connectivity index is 2.08. The summed E-state index contributed by atoms with van der Waals surface area (Å²) in [4.78, 5) is 4.50. The quantitative estimate of drug-likeness (QED) is 0.859. The molecule has 1 aromatic carbocycles. The molecule has 4 heteroatoms. The minimum absolute atomic E-state index is 0.592. The molecule has 0 bridgehead atoms. The lowest BCUT2D eigenvalue weighted by molar-refractivity contribution is 0.182. The zero-order chi connectivity index (χ0) is 11.4. The Bertz CT molecular complexity index is 470. The largest absolute Gasteiger partial charge is 0.378 e. The van der Waals surface area contributed by atoms with Crippen molar-refractivity contribution in [2.45, 2.75) is 13.0 Å². The number of nitrogens with zero attached hydrogens (tertiary/aromatic N) is 1. The van der Waals surface area contributed by atoms with E-state index < -0.39 is 0 Å². The van der Waals surface area contributed by atoms with E-state index >= 15 is 0 Å². The molecule has 0 fully saturated rings. The average Bonchev–Trinajstić information content (AvgIpc) is 2.66. The maximum Gasteiger partial charge on any atom is 0.0973 e. The van der Waals surface area contributed by atoms with E-state index in [1.165, 1.54) is 5.56 Å². The maximum atomic E-state index is 5.05. The van der Waals surface area contributed by atoms with Crippen LogP contribution >= 0.6 is 27.3 Å². The molecule has 0 aliphatic rings. The minimum atomic E-state index is 0.592. The number of thiazole rings is 1. The number of ether oxygens (including phenoxy) is 1. The van der Waals surface area contributed by atoms with E-state index in [4.69, 9.17) is 4.74 Å². The van der Waals surface area contributed by atoms with Gasteiger partial charge in [-0.1, -0.05) is 28.1 Å². The van der Waals surface area contributed by atoms with Crippen molar-refractivity contribution in [3.8, 4) is 0 Å². The predicted molar refractivity (Wildman–Crippen MR) is 69.8 cm³/mol. The second kappa shape index (κ2) is 5.57. The van der Waals surface area contributed by atoms with Gasteiger partial charge in [-0.2, -0.15) is 0 Å². The Morgan fingerprint density at radius 3 is 3.06 bits per heavy atom. The minimum Gasteiger partial charge on any atom is -0.378 e. The van der Waals surface area contributed by atoms with Gasteiger partial charge in [0, 0.05) is 23.4 Å². The molecule has 0 amide bonds. The Hall–Kier alpha value is -0.710. The van der Waals surface area contributed by atoms with E-state index in [-0.39, 0.29) is 0 Å². The molecule has 0 saturated carbocycles. The number of benzene rings is 1. The zero-order valence-electron chi connectivity index (χ0n) is 8.94. The van der Waals surface area contributed by atoms with Crippen LogP contribution in [0.2, 0.25) is 0 Å². The molecular weight excluding hydrogens is 286 g/mol. The standard InChI is InChI=1S/C12H12BrNOS/c1-15-7-11-8-16-12(14-11)6-9-3-2-4-10(13)5-9/h2-5,8H,6-7H2,1H3. The average molecular weight is 298 g/mol. The molecule has 2 aromatic rings. The lowest BCUT2D eigenvalue weighted by atomic mass is 10.2. The van der Waals surface area contributed by atoms with Gasteiger partial charge < -0.3 is 4.74 Å². The number of rotatable bonds is 4. The highest BCUT2D eigenvalue weighted by Gasteiger charge is 2.03. The van der Waals surface area contributed by atoms with Crippen LogP contribution in [0.15, 0.2) is 34.1 Å². The first kappa shape index (κ1) is 11.8. The van der Waals surface area contributed by atoms with Crippen molar-refractivity contribution in [2.75, 3.05) is 7.11 Å². The molecule has 2 rings (SSSR count). The van der Waals surface area contributed by atoms with Gasteiger partial charge in [-0.25, -0.2) is 4.98 Å². The normalized spacial score (nSPS) is 10.6. The SMILES string of the molecule is COCc1csc(Cc2cccc(Br)c2)n1. The molecule has 0 aliphatic carbocycles. The van der Waals surface area contributed by atoms with Gasteiger partial charge in [-0.05, 0) is 17.7 Å². The summed E-state index contributed by atoms with van der Waals surface area (Å²) in [5.41, 5.74) is 2.28. The molecular formula is C12H12BrNOS. The third-order valence-corrected chi connectivity index (χ3v) is 3.53. The highest BCUT2D eigenvalue weighted by molar-refractivity contribution is 9.10. The highest BCUT2D eigenvalue weighted by Crippen LogP contribution is 2.18. The van der Waals surface area contributed by atoms with Crippen LogP contribution in [0.3, 0.4) is 0 Å². The molecule has 2 nitrogen and oxygen atoms in total. The van der Waals surface area contributed by atoms with Gasteiger partial charge in [-0.3, -0.25) is 0 Å². The third kappa shape index (κ3) is 3.14. The van der Waals surface area contributed by atoms with Crippen LogP contribution in [0.5, 0.6) is 0 Å². The molecule has 1 heterocycles. The molecule has 0 radical (unpaired) electrons. The van der Waals surface area contributed by atoms with E-state index in [0.717, 1.165) is 21.6 Å². The first-order chi connectivity index (χ1) is 7.78. The van der Waals surface area contributed by atoms with Crippen molar-refractivity contribution >= 4 is 27.3 Å². The number of methoxy groups -OCH3 is 1. The Morgan fingerprint density at radius 1 is 1.44 bits per heavy atom. The summed E-state index contributed by atoms with van der Waals surface area (Å²) in [6.07, 6.45) is 0.883. The fraction of sp³-hybridized carbons (Fsp3) is 0.250. The second-order valence-corrected chi connectivity index (χ2v) is 5.33. The van der Waals surface area contributed by atoms with Gasteiger partial charge >= 0.3 is 0 Å². The van der Waals surface area contributed by atoms with Crippen LogP contribution in [0.4, 0.5) is 0 Å². The van der Waals surface area contributed by atoms with E-state index in [2.05, 4.69) is 38.4 Å².